The van der Waals surface area contributed by atoms with E-state index in [1.807, 2.05) is 0 Å². The molecule has 8 heteroatoms. The zero-order valence-electron chi connectivity index (χ0n) is 8.32. The molecule has 0 fully saturated rings. The molecule has 0 bridgehead atoms. The van der Waals surface area contributed by atoms with Crippen LogP contribution in [0.4, 0.5) is 0 Å². The molecule has 7 nitrogen and oxygen atoms in total. The molecular formula is C7H13O7P-2. The molecule has 0 spiro atoms. The molecule has 0 aliphatic rings. The number of hydrogen-bond acceptors (Lipinski definition) is 7. The minimum absolute atomic E-state index is 0.379. The molecule has 0 saturated heterocycles. The second-order valence-electron chi connectivity index (χ2n) is 3.37. The molecule has 0 aliphatic carbocycles. The maximum Gasteiger partial charge on any atom is 0.189 e. The van der Waals surface area contributed by atoms with Crippen molar-refractivity contribution in [1.82, 2.24) is 0 Å². The number of carbonyl (C=O) groups excluding carboxylic acids is 1. The normalized spacial score (nSPS) is 16.5. The summed E-state index contributed by atoms with van der Waals surface area (Å²) in [6.07, 6.45) is -3.07. The number of aliphatic hydroxyl groups excluding tert-OH is 2. The van der Waals surface area contributed by atoms with Crippen LogP contribution >= 0.6 is 7.82 Å². The third kappa shape index (κ3) is 5.99. The van der Waals surface area contributed by atoms with Crippen LogP contribution in [0.15, 0.2) is 0 Å². The Balaban J connectivity index is 4.17. The number of phosphoric ester groups is 1. The van der Waals surface area contributed by atoms with Gasteiger partial charge in [0.1, 0.15) is 12.7 Å². The van der Waals surface area contributed by atoms with Crippen LogP contribution in [0.2, 0.25) is 0 Å². The third-order valence-corrected chi connectivity index (χ3v) is 2.15. The molecule has 0 unspecified atom stereocenters. The molecule has 15 heavy (non-hydrogen) atoms. The van der Waals surface area contributed by atoms with E-state index in [0.717, 1.165) is 0 Å². The lowest BCUT2D eigenvalue weighted by Crippen LogP contribution is -2.39. The first-order valence-electron chi connectivity index (χ1n) is 4.20. The summed E-state index contributed by atoms with van der Waals surface area (Å²) < 4.78 is 13.7. The lowest BCUT2D eigenvalue weighted by atomic mass is 9.99. The monoisotopic (exact) mass is 240 g/mol. The van der Waals surface area contributed by atoms with E-state index in [-0.39, 0.29) is 5.92 Å². The highest BCUT2D eigenvalue weighted by molar-refractivity contribution is 7.43. The number of phosphoric acid groups is 1. The molecule has 0 saturated carbocycles. The summed E-state index contributed by atoms with van der Waals surface area (Å²) in [4.78, 5) is 31.0. The summed E-state index contributed by atoms with van der Waals surface area (Å²) in [5.41, 5.74) is 0. The van der Waals surface area contributed by atoms with E-state index >= 15 is 0 Å². The third-order valence-electron chi connectivity index (χ3n) is 1.70. The molecule has 0 aromatic heterocycles. The molecule has 0 aromatic carbocycles. The predicted octanol–water partition coefficient (Wildman–Crippen LogP) is -2.22. The first-order valence-corrected chi connectivity index (χ1v) is 5.66. The average Bonchev–Trinajstić information content (AvgIpc) is 2.10. The number of rotatable bonds is 6. The van der Waals surface area contributed by atoms with Gasteiger partial charge >= 0.3 is 0 Å². The van der Waals surface area contributed by atoms with Crippen molar-refractivity contribution < 1.29 is 33.9 Å². The highest BCUT2D eigenvalue weighted by Crippen LogP contribution is 2.24. The standard InChI is InChI=1S/C7H15O7P/c1-4(2)6(9)7(10)5(8)3-14-15(11,12)13/h4,6-7,9-10H,3H2,1-2H3,(H2,11,12,13)/p-2/t6-,7-/m0/s1. The Morgan fingerprint density at radius 1 is 1.40 bits per heavy atom. The van der Waals surface area contributed by atoms with Crippen molar-refractivity contribution in [2.45, 2.75) is 26.1 Å². The van der Waals surface area contributed by atoms with Crippen molar-refractivity contribution in [1.29, 1.82) is 0 Å². The second kappa shape index (κ2) is 5.69. The fourth-order valence-electron chi connectivity index (χ4n) is 0.783. The fraction of sp³-hybridized carbons (Fsp3) is 0.857. The largest absolute Gasteiger partial charge is 0.790 e. The van der Waals surface area contributed by atoms with Gasteiger partial charge in [-0.2, -0.15) is 0 Å². The quantitative estimate of drug-likeness (QED) is 0.503. The first-order chi connectivity index (χ1) is 6.65. The number of aliphatic hydroxyl groups is 2. The van der Waals surface area contributed by atoms with Crippen molar-refractivity contribution >= 4 is 13.6 Å². The Kier molecular flexibility index (Phi) is 5.58. The van der Waals surface area contributed by atoms with Gasteiger partial charge in [0, 0.05) is 0 Å². The van der Waals surface area contributed by atoms with Gasteiger partial charge in [-0.1, -0.05) is 13.8 Å². The van der Waals surface area contributed by atoms with Gasteiger partial charge in [0.05, 0.1) is 13.9 Å². The van der Waals surface area contributed by atoms with Crippen molar-refractivity contribution in [3.05, 3.63) is 0 Å². The van der Waals surface area contributed by atoms with Crippen molar-refractivity contribution in [3.8, 4) is 0 Å². The summed E-state index contributed by atoms with van der Waals surface area (Å²) in [5, 5.41) is 18.4. The van der Waals surface area contributed by atoms with E-state index in [0.29, 0.717) is 0 Å². The lowest BCUT2D eigenvalue weighted by Gasteiger charge is -2.29. The highest BCUT2D eigenvalue weighted by atomic mass is 31.2. The van der Waals surface area contributed by atoms with Crippen molar-refractivity contribution in [2.24, 2.45) is 5.92 Å². The van der Waals surface area contributed by atoms with Crippen molar-refractivity contribution in [3.63, 3.8) is 0 Å². The van der Waals surface area contributed by atoms with Crippen LogP contribution in [-0.2, 0) is 13.9 Å². The summed E-state index contributed by atoms with van der Waals surface area (Å²) in [7, 11) is -5.23. The van der Waals surface area contributed by atoms with Crippen LogP contribution in [0.5, 0.6) is 0 Å². The Hall–Kier alpha value is -0.300. The lowest BCUT2D eigenvalue weighted by molar-refractivity contribution is -0.341. The predicted molar refractivity (Wildman–Crippen MR) is 45.4 cm³/mol. The Morgan fingerprint density at radius 2 is 1.87 bits per heavy atom. The van der Waals surface area contributed by atoms with Crippen molar-refractivity contribution in [2.75, 3.05) is 6.61 Å². The minimum Gasteiger partial charge on any atom is -0.790 e. The van der Waals surface area contributed by atoms with Gasteiger partial charge < -0.3 is 29.1 Å². The maximum atomic E-state index is 11.0. The first kappa shape index (κ1) is 14.7. The fourth-order valence-corrected chi connectivity index (χ4v) is 1.07. The molecule has 90 valence electrons. The van der Waals surface area contributed by atoms with E-state index in [9.17, 15) is 29.4 Å². The van der Waals surface area contributed by atoms with Gasteiger partial charge in [0.2, 0.25) is 0 Å². The maximum absolute atomic E-state index is 11.0. The van der Waals surface area contributed by atoms with Gasteiger partial charge in [0.15, 0.2) is 5.78 Å². The zero-order chi connectivity index (χ0) is 12.2. The van der Waals surface area contributed by atoms with E-state index in [1.54, 1.807) is 13.8 Å². The number of ketones is 1. The van der Waals surface area contributed by atoms with E-state index in [2.05, 4.69) is 4.52 Å². The summed E-state index contributed by atoms with van der Waals surface area (Å²) in [6.45, 7) is 2.07. The minimum atomic E-state index is -5.23. The van der Waals surface area contributed by atoms with Crippen LogP contribution in [-0.4, -0.2) is 34.8 Å². The van der Waals surface area contributed by atoms with Gasteiger partial charge in [-0.25, -0.2) is 0 Å². The molecule has 0 radical (unpaired) electrons. The average molecular weight is 240 g/mol. The topological polar surface area (TPSA) is 130 Å². The molecule has 0 rings (SSSR count). The smallest absolute Gasteiger partial charge is 0.189 e. The summed E-state index contributed by atoms with van der Waals surface area (Å²) in [6, 6.07) is 0. The summed E-state index contributed by atoms with van der Waals surface area (Å²) in [5.74, 6) is -1.43. The van der Waals surface area contributed by atoms with Gasteiger partial charge in [-0.3, -0.25) is 4.79 Å². The van der Waals surface area contributed by atoms with Crippen LogP contribution in [0.25, 0.3) is 0 Å². The SMILES string of the molecule is CC(C)[C@H](O)[C@@H](O)C(=O)COP(=O)([O-])[O-]. The Morgan fingerprint density at radius 3 is 2.20 bits per heavy atom. The number of hydrogen-bond donors (Lipinski definition) is 2. The highest BCUT2D eigenvalue weighted by Gasteiger charge is 2.26. The van der Waals surface area contributed by atoms with Crippen LogP contribution < -0.4 is 9.79 Å². The molecule has 0 heterocycles. The van der Waals surface area contributed by atoms with Crippen LogP contribution in [0, 0.1) is 5.92 Å². The van der Waals surface area contributed by atoms with E-state index in [1.165, 1.54) is 0 Å². The van der Waals surface area contributed by atoms with E-state index in [4.69, 9.17) is 0 Å². The molecule has 0 aliphatic heterocycles. The Bertz CT molecular complexity index is 258. The molecular weight excluding hydrogens is 227 g/mol. The molecule has 0 amide bonds. The zero-order valence-corrected chi connectivity index (χ0v) is 9.22. The van der Waals surface area contributed by atoms with Crippen LogP contribution in [0.1, 0.15) is 13.8 Å². The molecule has 0 aromatic rings. The van der Waals surface area contributed by atoms with E-state index < -0.39 is 32.4 Å². The van der Waals surface area contributed by atoms with Gasteiger partial charge in [-0.15, -0.1) is 0 Å². The summed E-state index contributed by atoms with van der Waals surface area (Å²) >= 11 is 0. The second-order valence-corrected chi connectivity index (χ2v) is 4.52. The molecule has 2 atom stereocenters. The Labute approximate surface area is 86.9 Å². The van der Waals surface area contributed by atoms with Crippen LogP contribution in [0.3, 0.4) is 0 Å². The number of carbonyl (C=O) groups is 1. The van der Waals surface area contributed by atoms with Gasteiger partial charge in [-0.05, 0) is 5.92 Å². The number of Topliss-reactive ketones (excluding diaryl/α,β-unsaturated/α-hetero) is 1. The van der Waals surface area contributed by atoms with Gasteiger partial charge in [0.25, 0.3) is 0 Å². The molecule has 2 N–H and O–H groups in total.